The molecule has 106 heavy (non-hydrogen) atoms. The van der Waals surface area contributed by atoms with Gasteiger partial charge in [-0.25, -0.2) is 30.6 Å². The number of aromatic nitrogens is 18. The van der Waals surface area contributed by atoms with E-state index in [0.717, 1.165) is 79.3 Å². The Kier molecular flexibility index (Phi) is 20.6. The normalized spacial score (nSPS) is 11.3. The van der Waals surface area contributed by atoms with E-state index in [-0.39, 0.29) is 41.7 Å². The van der Waals surface area contributed by atoms with Crippen LogP contribution in [0, 0.1) is 41.7 Å². The van der Waals surface area contributed by atoms with Crippen molar-refractivity contribution in [2.75, 3.05) is 0 Å². The molecule has 12 heterocycles. The van der Waals surface area contributed by atoms with Crippen LogP contribution in [0.5, 0.6) is 0 Å². The molecule has 0 aliphatic rings. The molecular weight excluding hydrogens is 1430 g/mol. The average Bonchev–Trinajstić information content (AvgIpc) is 1.47. The van der Waals surface area contributed by atoms with E-state index in [4.69, 9.17) is 30.6 Å². The summed E-state index contributed by atoms with van der Waals surface area (Å²) in [6.07, 6.45) is 21.1. The molecule has 6 aromatic carbocycles. The van der Waals surface area contributed by atoms with E-state index in [9.17, 15) is 0 Å². The maximum Gasteiger partial charge on any atom is 3.00 e. The largest absolute Gasteiger partial charge is 3.00 e. The van der Waals surface area contributed by atoms with Gasteiger partial charge in [0.15, 0.2) is 0 Å². The first-order chi connectivity index (χ1) is 52.1. The molecule has 22 heteroatoms. The summed E-state index contributed by atoms with van der Waals surface area (Å²) in [6, 6.07) is 110. The second kappa shape index (κ2) is 31.7. The molecule has 0 bridgehead atoms. The summed E-state index contributed by atoms with van der Waals surface area (Å²) < 4.78 is 11.6. The molecule has 0 saturated carbocycles. The number of benzene rings is 6. The molecule has 0 N–H and O–H groups in total. The Labute approximate surface area is 646 Å². The van der Waals surface area contributed by atoms with Crippen LogP contribution in [0.1, 0.15) is 0 Å². The van der Waals surface area contributed by atoms with Crippen LogP contribution in [0.25, 0.3) is 68.3 Å². The van der Waals surface area contributed by atoms with E-state index in [2.05, 4.69) is 175 Å². The third kappa shape index (κ3) is 13.6. The third-order valence-corrected chi connectivity index (χ3v) is 19.1. The van der Waals surface area contributed by atoms with Gasteiger partial charge in [-0.15, -0.1) is 10.9 Å². The monoisotopic (exact) mass is 1500 g/mol. The van der Waals surface area contributed by atoms with Crippen LogP contribution >= 0.6 is 0 Å². The molecule has 0 aliphatic heterocycles. The first-order valence-electron chi connectivity index (χ1n) is 34.7. The molecule has 18 nitrogen and oxygen atoms in total. The van der Waals surface area contributed by atoms with Crippen LogP contribution in [0.3, 0.4) is 0 Å². The Hall–Kier alpha value is -12.9. The molecule has 0 unspecified atom stereocenters. The molecule has 18 rings (SSSR count). The van der Waals surface area contributed by atoms with Crippen molar-refractivity contribution < 1.29 is 41.7 Å². The van der Waals surface area contributed by atoms with Crippen LogP contribution < -0.4 is 32.8 Å². The van der Waals surface area contributed by atoms with Gasteiger partial charge in [0, 0.05) is 37.2 Å². The van der Waals surface area contributed by atoms with Crippen molar-refractivity contribution in [3.63, 3.8) is 0 Å². The fraction of sp³-hybridized carbons (Fsp3) is 0. The molecule has 0 atom stereocenters. The van der Waals surface area contributed by atoms with E-state index in [1.807, 2.05) is 247 Å². The van der Waals surface area contributed by atoms with Gasteiger partial charge in [-0.3, -0.25) is 29.9 Å². The summed E-state index contributed by atoms with van der Waals surface area (Å²) in [5.41, 5.74) is 16.4. The fourth-order valence-corrected chi connectivity index (χ4v) is 14.3. The zero-order valence-electron chi connectivity index (χ0n) is 57.4. The van der Waals surface area contributed by atoms with Gasteiger partial charge < -0.3 is 27.6 Å². The van der Waals surface area contributed by atoms with E-state index in [1.165, 1.54) is 21.9 Å². The Morgan fingerprint density at radius 3 is 0.481 bits per heavy atom. The van der Waals surface area contributed by atoms with Gasteiger partial charge in [0.05, 0.1) is 34.2 Å². The van der Waals surface area contributed by atoms with Crippen molar-refractivity contribution in [2.45, 2.75) is 0 Å². The molecule has 0 saturated heterocycles. The van der Waals surface area contributed by atoms with Crippen LogP contribution in [-0.4, -0.2) is 107 Å². The molecule has 0 spiro atoms. The maximum atomic E-state index is 5.08. The number of hydrogen-bond donors (Lipinski definition) is 0. The van der Waals surface area contributed by atoms with E-state index in [0.29, 0.717) is 0 Å². The second-order valence-electron chi connectivity index (χ2n) is 25.2. The van der Waals surface area contributed by atoms with Crippen molar-refractivity contribution in [1.29, 1.82) is 0 Å². The minimum Gasteiger partial charge on any atom is -0.395 e. The van der Waals surface area contributed by atoms with Crippen molar-refractivity contribution in [2.24, 2.45) is 0 Å². The SMILES string of the molecule is [Ce+3].c1ccc([B-](c2ccccc2)(c2ccccc2)c2ccccc2)cc1.c1ccc([B-](n2ccc(-c3ccccn3)n2)(n2ccc(-c3ccccn3)n2)n2ccc(-c3ccccn3)n2)cc1.c1ccc([B-](n2ccc(-c3ccccn3)n2)(n2ccc(-c3ccccn3)n2)n2ccc(-c3ccccn3)n2)cc1. The van der Waals surface area contributed by atoms with Gasteiger partial charge in [0.1, 0.15) is 40.3 Å². The van der Waals surface area contributed by atoms with E-state index < -0.39 is 19.2 Å². The number of pyridine rings is 6. The zero-order chi connectivity index (χ0) is 70.5. The Morgan fingerprint density at radius 1 is 0.160 bits per heavy atom. The molecule has 12 aromatic heterocycles. The minimum absolute atomic E-state index is 0. The van der Waals surface area contributed by atoms with Crippen LogP contribution in [-0.2, 0) is 0 Å². The van der Waals surface area contributed by atoms with Crippen LogP contribution in [0.4, 0.5) is 0 Å². The molecule has 505 valence electrons. The molecule has 0 amide bonds. The quantitative estimate of drug-likeness (QED) is 0.0742. The predicted octanol–water partition coefficient (Wildman–Crippen LogP) is 11.6. The van der Waals surface area contributed by atoms with Crippen LogP contribution in [0.15, 0.2) is 402 Å². The minimum atomic E-state index is -2.12. The van der Waals surface area contributed by atoms with Gasteiger partial charge in [-0.05, 0) is 146 Å². The average molecular weight is 1500 g/mol. The van der Waals surface area contributed by atoms with Gasteiger partial charge in [-0.2, -0.15) is 21.9 Å². The smallest absolute Gasteiger partial charge is 0.395 e. The summed E-state index contributed by atoms with van der Waals surface area (Å²) >= 11 is 0. The second-order valence-corrected chi connectivity index (χ2v) is 25.2. The van der Waals surface area contributed by atoms with E-state index >= 15 is 0 Å². The fourth-order valence-electron chi connectivity index (χ4n) is 14.3. The topological polar surface area (TPSA) is 184 Å². The number of nitrogens with zero attached hydrogens (tertiary/aromatic N) is 18. The Morgan fingerprint density at radius 2 is 0.321 bits per heavy atom. The molecular formula is C84H66B3CeN18. The standard InChI is InChI=1S/2C30H23BN9.C24H20B.Ce/c2*1-2-10-24(11-3-1)31(38-21-15-28(35-38)25-12-4-7-18-32-25,39-22-16-29(36-39)26-13-5-8-19-33-26)40-23-17-30(37-40)27-14-6-9-20-34-27;1-5-13-21(14-6-1)25(22-15-7-2-8-16-22,23-17-9-3-10-18-23)24-19-11-4-12-20-24;/h2*1-23H;1-20H;/q3*-1;+3. The molecule has 0 fully saturated rings. The first-order valence-corrected chi connectivity index (χ1v) is 34.7. The zero-order valence-corrected chi connectivity index (χ0v) is 60.5. The molecule has 18 aromatic rings. The van der Waals surface area contributed by atoms with Crippen LogP contribution in [0.2, 0.25) is 0 Å². The predicted molar refractivity (Wildman–Crippen MR) is 419 cm³/mol. The van der Waals surface area contributed by atoms with Gasteiger partial charge in [0.25, 0.3) is 0 Å². The van der Waals surface area contributed by atoms with Gasteiger partial charge >= 0.3 is 54.8 Å². The number of hydrogen-bond acceptors (Lipinski definition) is 12. The Balaban J connectivity index is 0.000000130. The van der Waals surface area contributed by atoms with Crippen molar-refractivity contribution in [3.8, 4) is 68.3 Å². The third-order valence-electron chi connectivity index (χ3n) is 19.1. The number of rotatable bonds is 18. The van der Waals surface area contributed by atoms with E-state index in [1.54, 1.807) is 37.2 Å². The summed E-state index contributed by atoms with van der Waals surface area (Å²) in [5.74, 6) is 0. The maximum absolute atomic E-state index is 5.08. The summed E-state index contributed by atoms with van der Waals surface area (Å²) in [5, 5.41) is 30.5. The molecule has 0 aliphatic carbocycles. The summed E-state index contributed by atoms with van der Waals surface area (Å²) in [4.78, 5) is 27.1. The van der Waals surface area contributed by atoms with Crippen molar-refractivity contribution in [3.05, 3.63) is 402 Å². The summed E-state index contributed by atoms with van der Waals surface area (Å²) in [6.45, 7) is -4.23. The summed E-state index contributed by atoms with van der Waals surface area (Å²) in [7, 11) is 0. The first kappa shape index (κ1) is 68.8. The van der Waals surface area contributed by atoms with Gasteiger partial charge in [0.2, 0.25) is 0 Å². The van der Waals surface area contributed by atoms with Gasteiger partial charge in [-0.1, -0.05) is 218 Å². The van der Waals surface area contributed by atoms with Crippen molar-refractivity contribution >= 4 is 52.0 Å². The molecule has 1 radical (unpaired) electrons. The Bertz CT molecular complexity index is 4920. The van der Waals surface area contributed by atoms with Crippen molar-refractivity contribution in [1.82, 2.24) is 88.1 Å².